The summed E-state index contributed by atoms with van der Waals surface area (Å²) in [7, 11) is 0. The van der Waals surface area contributed by atoms with Gasteiger partial charge in [0.15, 0.2) is 0 Å². The summed E-state index contributed by atoms with van der Waals surface area (Å²) in [5, 5.41) is 19.4. The van der Waals surface area contributed by atoms with Gasteiger partial charge in [0.1, 0.15) is 0 Å². The topological polar surface area (TPSA) is 49.7 Å². The van der Waals surface area contributed by atoms with Gasteiger partial charge < -0.3 is 14.9 Å². The van der Waals surface area contributed by atoms with Gasteiger partial charge in [-0.15, -0.1) is 0 Å². The minimum absolute atomic E-state index is 0. The van der Waals surface area contributed by atoms with Crippen LogP contribution >= 0.6 is 0 Å². The summed E-state index contributed by atoms with van der Waals surface area (Å²) in [6.07, 6.45) is 3.42. The molecule has 0 aliphatic rings. The molecule has 0 aliphatic carbocycles. The maximum Gasteiger partial charge on any atom is 0.281 e. The van der Waals surface area contributed by atoms with Crippen LogP contribution in [0.1, 0.15) is 53.4 Å². The zero-order valence-corrected chi connectivity index (χ0v) is 11.8. The van der Waals surface area contributed by atoms with Crippen LogP contribution < -0.4 is 0 Å². The summed E-state index contributed by atoms with van der Waals surface area (Å²) >= 11 is 0. The van der Waals surface area contributed by atoms with Gasteiger partial charge in [0.2, 0.25) is 0 Å². The molecule has 0 amide bonds. The van der Waals surface area contributed by atoms with E-state index in [1.54, 1.807) is 13.8 Å². The molecule has 3 nitrogen and oxygen atoms in total. The van der Waals surface area contributed by atoms with Crippen LogP contribution in [0.15, 0.2) is 0 Å². The second-order valence-electron chi connectivity index (χ2n) is 4.07. The third kappa shape index (κ3) is 7.48. The molecule has 1 atom stereocenters. The Hall–Kier alpha value is 0.594. The summed E-state index contributed by atoms with van der Waals surface area (Å²) < 4.78 is 5.10. The number of rotatable bonds is 7. The van der Waals surface area contributed by atoms with Gasteiger partial charge in [-0.2, -0.15) is 0 Å². The fourth-order valence-corrected chi connectivity index (χ4v) is 1.55. The quantitative estimate of drug-likeness (QED) is 0.539. The van der Waals surface area contributed by atoms with Crippen LogP contribution in [0, 0.1) is 5.92 Å². The third-order valence-electron chi connectivity index (χ3n) is 2.34. The first kappa shape index (κ1) is 18.0. The van der Waals surface area contributed by atoms with Crippen molar-refractivity contribution >= 4 is 0 Å². The molecule has 0 aromatic heterocycles. The van der Waals surface area contributed by atoms with E-state index in [2.05, 4.69) is 6.92 Å². The van der Waals surface area contributed by atoms with Gasteiger partial charge in [-0.1, -0.05) is 26.7 Å². The number of unbranched alkanes of at least 4 members (excludes halogenated alkanes) is 1. The monoisotopic (exact) mass is 252 g/mol. The standard InChI is InChI=1S/C11H24O3.Ti/c1-5-7-8-10(6-2)11(12,13)14-9(3)4;/h9-10,12-13H,5-8H2,1-4H3;. The molecular weight excluding hydrogens is 228 g/mol. The van der Waals surface area contributed by atoms with E-state index < -0.39 is 5.97 Å². The van der Waals surface area contributed by atoms with Crippen LogP contribution in [0.4, 0.5) is 0 Å². The van der Waals surface area contributed by atoms with Crippen molar-refractivity contribution in [2.24, 2.45) is 5.92 Å². The van der Waals surface area contributed by atoms with Crippen LogP contribution in [0.5, 0.6) is 0 Å². The Morgan fingerprint density at radius 2 is 1.73 bits per heavy atom. The van der Waals surface area contributed by atoms with E-state index in [0.717, 1.165) is 25.7 Å². The maximum absolute atomic E-state index is 9.70. The summed E-state index contributed by atoms with van der Waals surface area (Å²) in [5.41, 5.74) is 0. The molecule has 0 heterocycles. The molecule has 0 spiro atoms. The Labute approximate surface area is 108 Å². The van der Waals surface area contributed by atoms with Crippen molar-refractivity contribution < 1.29 is 36.7 Å². The van der Waals surface area contributed by atoms with Gasteiger partial charge in [-0.25, -0.2) is 0 Å². The third-order valence-corrected chi connectivity index (χ3v) is 2.34. The molecule has 0 aromatic carbocycles. The zero-order valence-electron chi connectivity index (χ0n) is 10.3. The largest absolute Gasteiger partial charge is 0.343 e. The minimum Gasteiger partial charge on any atom is -0.343 e. The molecule has 15 heavy (non-hydrogen) atoms. The predicted molar refractivity (Wildman–Crippen MR) is 56.7 cm³/mol. The molecule has 0 bridgehead atoms. The van der Waals surface area contributed by atoms with Crippen molar-refractivity contribution in [3.05, 3.63) is 0 Å². The SMILES string of the molecule is CCCCC(CC)C(O)(O)OC(C)C.[Ti]. The van der Waals surface area contributed by atoms with Crippen molar-refractivity contribution in [2.45, 2.75) is 65.5 Å². The van der Waals surface area contributed by atoms with Crippen molar-refractivity contribution in [3.8, 4) is 0 Å². The van der Waals surface area contributed by atoms with Crippen LogP contribution in [-0.4, -0.2) is 22.3 Å². The Balaban J connectivity index is 0. The van der Waals surface area contributed by atoms with Crippen LogP contribution in [0.25, 0.3) is 0 Å². The molecule has 1 unspecified atom stereocenters. The van der Waals surface area contributed by atoms with Crippen molar-refractivity contribution in [1.29, 1.82) is 0 Å². The molecule has 0 saturated heterocycles. The molecule has 0 fully saturated rings. The zero-order chi connectivity index (χ0) is 11.2. The molecule has 2 N–H and O–H groups in total. The Morgan fingerprint density at radius 3 is 2.07 bits per heavy atom. The van der Waals surface area contributed by atoms with E-state index >= 15 is 0 Å². The Bertz CT molecular complexity index is 149. The van der Waals surface area contributed by atoms with Gasteiger partial charge >= 0.3 is 0 Å². The van der Waals surface area contributed by atoms with Crippen molar-refractivity contribution in [1.82, 2.24) is 0 Å². The van der Waals surface area contributed by atoms with Gasteiger partial charge in [-0.3, -0.25) is 0 Å². The summed E-state index contributed by atoms with van der Waals surface area (Å²) in [6.45, 7) is 7.64. The van der Waals surface area contributed by atoms with Crippen LogP contribution in [0.2, 0.25) is 0 Å². The van der Waals surface area contributed by atoms with E-state index in [0.29, 0.717) is 0 Å². The van der Waals surface area contributed by atoms with Crippen LogP contribution in [0.3, 0.4) is 0 Å². The first-order valence-corrected chi connectivity index (χ1v) is 5.56. The fraction of sp³-hybridized carbons (Fsp3) is 1.00. The Kier molecular flexibility index (Phi) is 10.4. The molecule has 0 aliphatic heterocycles. The molecule has 90 valence electrons. The first-order chi connectivity index (χ1) is 6.44. The second kappa shape index (κ2) is 8.71. The predicted octanol–water partition coefficient (Wildman–Crippen LogP) is 2.26. The smallest absolute Gasteiger partial charge is 0.281 e. The normalized spacial score (nSPS) is 13.8. The average Bonchev–Trinajstić information content (AvgIpc) is 2.02. The number of hydrogen-bond acceptors (Lipinski definition) is 3. The molecule has 0 aromatic rings. The second-order valence-corrected chi connectivity index (χ2v) is 4.07. The summed E-state index contributed by atoms with van der Waals surface area (Å²) in [5.74, 6) is -2.15. The molecular formula is C11H24O3Ti. The van der Waals surface area contributed by atoms with E-state index in [1.165, 1.54) is 0 Å². The van der Waals surface area contributed by atoms with Gasteiger partial charge in [0, 0.05) is 27.6 Å². The van der Waals surface area contributed by atoms with E-state index in [4.69, 9.17) is 4.74 Å². The molecule has 0 rings (SSSR count). The average molecular weight is 252 g/mol. The molecule has 0 saturated carbocycles. The molecule has 0 radical (unpaired) electrons. The Morgan fingerprint density at radius 1 is 1.20 bits per heavy atom. The van der Waals surface area contributed by atoms with Gasteiger partial charge in [-0.05, 0) is 26.7 Å². The summed E-state index contributed by atoms with van der Waals surface area (Å²) in [6, 6.07) is 0. The number of ether oxygens (including phenoxy) is 1. The van der Waals surface area contributed by atoms with E-state index in [9.17, 15) is 10.2 Å². The van der Waals surface area contributed by atoms with E-state index in [1.807, 2.05) is 6.92 Å². The number of aliphatic hydroxyl groups is 2. The minimum atomic E-state index is -1.96. The van der Waals surface area contributed by atoms with Crippen molar-refractivity contribution in [3.63, 3.8) is 0 Å². The van der Waals surface area contributed by atoms with Gasteiger partial charge in [0.05, 0.1) is 6.10 Å². The van der Waals surface area contributed by atoms with Crippen molar-refractivity contribution in [2.75, 3.05) is 0 Å². The summed E-state index contributed by atoms with van der Waals surface area (Å²) in [4.78, 5) is 0. The van der Waals surface area contributed by atoms with Crippen LogP contribution in [-0.2, 0) is 26.5 Å². The molecule has 4 heteroatoms. The van der Waals surface area contributed by atoms with E-state index in [-0.39, 0.29) is 33.7 Å². The van der Waals surface area contributed by atoms with Gasteiger partial charge in [0.25, 0.3) is 5.97 Å². The number of hydrogen-bond donors (Lipinski definition) is 2. The fourth-order valence-electron chi connectivity index (χ4n) is 1.55. The maximum atomic E-state index is 9.70. The first-order valence-electron chi connectivity index (χ1n) is 5.56.